The fourth-order valence-electron chi connectivity index (χ4n) is 10.2. The van der Waals surface area contributed by atoms with Crippen LogP contribution in [-0.4, -0.2) is 94.3 Å². The lowest BCUT2D eigenvalue weighted by atomic mass is 9.99. The molecule has 0 aliphatic carbocycles. The molecule has 7 aromatic rings. The maximum atomic E-state index is 15.2. The lowest BCUT2D eigenvalue weighted by molar-refractivity contribution is -0.143. The number of amides is 6. The van der Waals surface area contributed by atoms with E-state index in [1.165, 1.54) is 4.90 Å². The molecule has 8 atom stereocenters. The molecular weight excluding hydrogens is 1000 g/mol. The number of carbonyl (C=O) groups excluding carboxylic acids is 6. The zero-order chi connectivity index (χ0) is 54.4. The van der Waals surface area contributed by atoms with Crippen LogP contribution in [0.15, 0.2) is 176 Å². The highest BCUT2D eigenvalue weighted by atomic mass is 31.0. The molecule has 17 heteroatoms. The van der Waals surface area contributed by atoms with E-state index in [-0.39, 0.29) is 38.6 Å². The monoisotopic (exact) mass is 1070 g/mol. The van der Waals surface area contributed by atoms with Crippen molar-refractivity contribution in [3.8, 4) is 11.4 Å². The highest BCUT2D eigenvalue weighted by molar-refractivity contribution is 7.09. The Kier molecular flexibility index (Phi) is 18.4. The van der Waals surface area contributed by atoms with Crippen molar-refractivity contribution in [2.75, 3.05) is 13.1 Å². The van der Waals surface area contributed by atoms with Crippen LogP contribution >= 0.6 is 9.47 Å². The van der Waals surface area contributed by atoms with Gasteiger partial charge in [-0.3, -0.25) is 28.8 Å². The Labute approximate surface area is 456 Å². The van der Waals surface area contributed by atoms with E-state index < -0.39 is 77.8 Å². The molecule has 7 N–H and O–H groups in total. The highest BCUT2D eigenvalue weighted by Crippen LogP contribution is 2.29. The van der Waals surface area contributed by atoms with Gasteiger partial charge in [-0.1, -0.05) is 140 Å². The van der Waals surface area contributed by atoms with Gasteiger partial charge in [-0.2, -0.15) is 0 Å². The average Bonchev–Trinajstić information content (AvgIpc) is 4.08. The molecular formula is C61H65N8O8P. The molecule has 402 valence electrons. The first-order chi connectivity index (χ1) is 38.0. The Balaban J connectivity index is 1.11. The van der Waals surface area contributed by atoms with Gasteiger partial charge < -0.3 is 51.0 Å². The predicted octanol–water partition coefficient (Wildman–Crippen LogP) is 5.95. The van der Waals surface area contributed by atoms with E-state index in [2.05, 4.69) is 36.1 Å². The average molecular weight is 1070 g/mol. The van der Waals surface area contributed by atoms with Crippen LogP contribution in [0.2, 0.25) is 0 Å². The standard InChI is InChI=1S/C61H65N8O8P/c62-32-16-15-26-49-56(70)64-50(33-41-28-30-46(31-29-41)76-39-42-19-7-2-8-20-42)57(71)66-52(34-40-17-5-1-6-18-40)61(75)69-38-47(77-78)36-54(69)59(73)67-55(43-21-9-3-10-22-43)60(74)65-51(58(72)63-49)35-44-37-68(45-23-11-4-12-24-45)53-27-14-13-25-48(44)53/h1-14,17-25,27-31,37,47,49-52,54-55H,15-16,26,32-36,38-39,62,78H2,(H,63,72)(H,64,70)(H,65,74)(H,66,71)(H,67,73)/t47?,49-,50-,51?,52-,54+,55-/m1/s1. The van der Waals surface area contributed by atoms with Gasteiger partial charge >= 0.3 is 0 Å². The third kappa shape index (κ3) is 13.7. The Hall–Kier alpha value is -8.17. The molecule has 2 saturated heterocycles. The molecule has 1 aromatic heterocycles. The molecule has 3 unspecified atom stereocenters. The van der Waals surface area contributed by atoms with Gasteiger partial charge in [0.25, 0.3) is 0 Å². The molecule has 2 fully saturated rings. The van der Waals surface area contributed by atoms with Crippen molar-refractivity contribution < 1.29 is 38.0 Å². The molecule has 6 aromatic carbocycles. The molecule has 6 amide bonds. The minimum absolute atomic E-state index is 0.00799. The smallest absolute Gasteiger partial charge is 0.247 e. The molecule has 2 aliphatic heterocycles. The van der Waals surface area contributed by atoms with Crippen molar-refractivity contribution in [2.45, 2.75) is 93.9 Å². The minimum atomic E-state index is -1.35. The fraction of sp³-hybridized carbons (Fsp3) is 0.279. The largest absolute Gasteiger partial charge is 0.489 e. The van der Waals surface area contributed by atoms with Gasteiger partial charge in [0, 0.05) is 59.0 Å². The Bertz CT molecular complexity index is 3170. The summed E-state index contributed by atoms with van der Waals surface area (Å²) < 4.78 is 13.8. The molecule has 16 nitrogen and oxygen atoms in total. The Morgan fingerprint density at radius 1 is 0.538 bits per heavy atom. The van der Waals surface area contributed by atoms with E-state index in [9.17, 15) is 9.59 Å². The summed E-state index contributed by atoms with van der Waals surface area (Å²) in [6, 6.07) is 44.7. The number of aromatic nitrogens is 1. The van der Waals surface area contributed by atoms with Crippen LogP contribution in [0, 0.1) is 0 Å². The van der Waals surface area contributed by atoms with Crippen molar-refractivity contribution in [1.29, 1.82) is 0 Å². The summed E-state index contributed by atoms with van der Waals surface area (Å²) in [4.78, 5) is 91.8. The molecule has 3 heterocycles. The van der Waals surface area contributed by atoms with E-state index >= 15 is 19.2 Å². The first-order valence-electron chi connectivity index (χ1n) is 26.4. The third-order valence-electron chi connectivity index (χ3n) is 14.3. The second kappa shape index (κ2) is 26.3. The first-order valence-corrected chi connectivity index (χ1v) is 26.9. The van der Waals surface area contributed by atoms with Crippen LogP contribution in [0.4, 0.5) is 0 Å². The van der Waals surface area contributed by atoms with Gasteiger partial charge in [-0.25, -0.2) is 0 Å². The van der Waals surface area contributed by atoms with Gasteiger partial charge in [0.05, 0.1) is 11.6 Å². The molecule has 0 bridgehead atoms. The molecule has 0 spiro atoms. The quantitative estimate of drug-likeness (QED) is 0.0498. The number of nitrogens with zero attached hydrogens (tertiary/aromatic N) is 2. The van der Waals surface area contributed by atoms with Gasteiger partial charge in [0.2, 0.25) is 35.4 Å². The van der Waals surface area contributed by atoms with Gasteiger partial charge in [0.1, 0.15) is 48.6 Å². The Morgan fingerprint density at radius 2 is 1.09 bits per heavy atom. The molecule has 0 radical (unpaired) electrons. The first kappa shape index (κ1) is 54.6. The number of hydrogen-bond acceptors (Lipinski definition) is 9. The topological polar surface area (TPSA) is 215 Å². The zero-order valence-corrected chi connectivity index (χ0v) is 44.3. The lowest BCUT2D eigenvalue weighted by Crippen LogP contribution is -2.61. The number of hydrogen-bond donors (Lipinski definition) is 6. The van der Waals surface area contributed by atoms with E-state index in [0.717, 1.165) is 33.3 Å². The summed E-state index contributed by atoms with van der Waals surface area (Å²) in [5, 5.41) is 15.7. The van der Waals surface area contributed by atoms with Gasteiger partial charge in [-0.15, -0.1) is 0 Å². The second-order valence-electron chi connectivity index (χ2n) is 19.8. The number of nitrogens with two attached hydrogens (primary N) is 1. The van der Waals surface area contributed by atoms with E-state index in [1.54, 1.807) is 54.6 Å². The summed E-state index contributed by atoms with van der Waals surface area (Å²) in [5.74, 6) is -3.31. The van der Waals surface area contributed by atoms with Gasteiger partial charge in [-0.05, 0) is 84.0 Å². The molecule has 9 rings (SSSR count). The van der Waals surface area contributed by atoms with E-state index in [1.807, 2.05) is 126 Å². The van der Waals surface area contributed by atoms with Crippen LogP contribution in [0.25, 0.3) is 16.6 Å². The van der Waals surface area contributed by atoms with Crippen LogP contribution in [-0.2, 0) is 59.2 Å². The van der Waals surface area contributed by atoms with Crippen LogP contribution < -0.4 is 37.1 Å². The van der Waals surface area contributed by atoms with Crippen molar-refractivity contribution in [2.24, 2.45) is 5.73 Å². The number of benzene rings is 6. The van der Waals surface area contributed by atoms with Crippen LogP contribution in [0.1, 0.15) is 59.5 Å². The fourth-order valence-corrected chi connectivity index (χ4v) is 10.4. The number of ether oxygens (including phenoxy) is 1. The minimum Gasteiger partial charge on any atom is -0.489 e. The molecule has 0 saturated carbocycles. The Morgan fingerprint density at radius 3 is 1.77 bits per heavy atom. The number of carbonyl (C=O) groups is 6. The summed E-state index contributed by atoms with van der Waals surface area (Å²) >= 11 is 0. The van der Waals surface area contributed by atoms with Gasteiger partial charge in [0.15, 0.2) is 0 Å². The lowest BCUT2D eigenvalue weighted by Gasteiger charge is -2.32. The summed E-state index contributed by atoms with van der Waals surface area (Å²) in [5.41, 5.74) is 11.2. The number of rotatable bonds is 16. The summed E-state index contributed by atoms with van der Waals surface area (Å²) in [6.07, 6.45) is 2.49. The maximum Gasteiger partial charge on any atom is 0.247 e. The number of nitrogens with one attached hydrogen (secondary N) is 5. The van der Waals surface area contributed by atoms with E-state index in [4.69, 9.17) is 15.0 Å². The summed E-state index contributed by atoms with van der Waals surface area (Å²) in [6.45, 7) is 0.661. The SMILES string of the molecule is NCCCC[C@H]1NC(=O)C(Cc2cn(-c3ccccc3)c3ccccc23)NC(=O)[C@@H](c2ccccc2)NC(=O)[C@@H]2CC(OP)CN2C(=O)[C@@H](Cc2ccccc2)NC(=O)[C@@H](Cc2ccc(OCc3ccccc3)cc2)NC1=O. The zero-order valence-electron chi connectivity index (χ0n) is 43.2. The van der Waals surface area contributed by atoms with Crippen LogP contribution in [0.3, 0.4) is 0 Å². The van der Waals surface area contributed by atoms with Crippen molar-refractivity contribution in [1.82, 2.24) is 36.1 Å². The number of unbranched alkanes of at least 4 members (excludes halogenated alkanes) is 1. The second-order valence-corrected chi connectivity index (χ2v) is 20.0. The third-order valence-corrected chi connectivity index (χ3v) is 14.7. The molecule has 2 aliphatic rings. The van der Waals surface area contributed by atoms with Crippen molar-refractivity contribution in [3.05, 3.63) is 204 Å². The van der Waals surface area contributed by atoms with Crippen LogP contribution in [0.5, 0.6) is 5.75 Å². The summed E-state index contributed by atoms with van der Waals surface area (Å²) in [7, 11) is 2.21. The maximum absolute atomic E-state index is 15.2. The number of para-hydroxylation sites is 2. The predicted molar refractivity (Wildman–Crippen MR) is 301 cm³/mol. The normalized spacial score (nSPS) is 21.6. The van der Waals surface area contributed by atoms with Crippen molar-refractivity contribution >= 4 is 55.8 Å². The highest BCUT2D eigenvalue weighted by Gasteiger charge is 2.44. The van der Waals surface area contributed by atoms with Crippen molar-refractivity contribution in [3.63, 3.8) is 0 Å². The van der Waals surface area contributed by atoms with E-state index in [0.29, 0.717) is 42.9 Å². The number of fused-ring (bicyclic) bond motifs is 2. The molecule has 78 heavy (non-hydrogen) atoms.